The van der Waals surface area contributed by atoms with Gasteiger partial charge in [0.05, 0.1) is 13.2 Å². The summed E-state index contributed by atoms with van der Waals surface area (Å²) in [7, 11) is 0. The molecule has 1 fully saturated rings. The fourth-order valence-electron chi connectivity index (χ4n) is 3.06. The molecule has 1 unspecified atom stereocenters. The summed E-state index contributed by atoms with van der Waals surface area (Å²) in [6.45, 7) is 14.2. The molecule has 1 aliphatic rings. The van der Waals surface area contributed by atoms with Gasteiger partial charge in [0.1, 0.15) is 0 Å². The molecule has 1 aromatic rings. The lowest BCUT2D eigenvalue weighted by atomic mass is 10.0. The Kier molecular flexibility index (Phi) is 9.50. The van der Waals surface area contributed by atoms with E-state index in [0.29, 0.717) is 5.92 Å². The number of aryl methyl sites for hydroxylation is 1. The average Bonchev–Trinajstić information content (AvgIpc) is 2.67. The zero-order valence-electron chi connectivity index (χ0n) is 16.8. The third-order valence-electron chi connectivity index (χ3n) is 4.81. The van der Waals surface area contributed by atoms with Gasteiger partial charge in [-0.25, -0.2) is 0 Å². The molecule has 0 bridgehead atoms. The zero-order chi connectivity index (χ0) is 18.6. The number of hydrogen-bond acceptors (Lipinski definition) is 3. The quantitative estimate of drug-likeness (QED) is 0.404. The number of guanidine groups is 1. The van der Waals surface area contributed by atoms with Crippen molar-refractivity contribution < 1.29 is 4.74 Å². The molecule has 0 spiro atoms. The normalized spacial score (nSPS) is 17.1. The molecule has 0 radical (unpaired) electrons. The van der Waals surface area contributed by atoms with Crippen molar-refractivity contribution in [2.75, 3.05) is 52.5 Å². The molecule has 1 saturated heterocycles. The third-order valence-corrected chi connectivity index (χ3v) is 4.81. The fraction of sp³-hybridized carbons (Fsp3) is 0.667. The van der Waals surface area contributed by atoms with Gasteiger partial charge < -0.3 is 15.4 Å². The van der Waals surface area contributed by atoms with Crippen LogP contribution in [0.15, 0.2) is 29.3 Å². The van der Waals surface area contributed by atoms with Crippen molar-refractivity contribution in [1.82, 2.24) is 15.5 Å². The predicted molar refractivity (Wildman–Crippen MR) is 110 cm³/mol. The molecule has 2 rings (SSSR count). The van der Waals surface area contributed by atoms with Crippen molar-refractivity contribution in [2.24, 2.45) is 4.99 Å². The van der Waals surface area contributed by atoms with Crippen molar-refractivity contribution in [3.8, 4) is 0 Å². The van der Waals surface area contributed by atoms with Crippen LogP contribution in [-0.4, -0.2) is 63.3 Å². The summed E-state index contributed by atoms with van der Waals surface area (Å²) in [6.07, 6.45) is 2.38. The molecule has 1 aromatic carbocycles. The number of morpholine rings is 1. The molecule has 0 aliphatic carbocycles. The van der Waals surface area contributed by atoms with E-state index in [4.69, 9.17) is 9.73 Å². The molecule has 5 heteroatoms. The number of aliphatic imine (C=N–C) groups is 1. The molecule has 0 saturated carbocycles. The monoisotopic (exact) mass is 360 g/mol. The highest BCUT2D eigenvalue weighted by molar-refractivity contribution is 5.79. The Morgan fingerprint density at radius 2 is 1.88 bits per heavy atom. The van der Waals surface area contributed by atoms with Crippen LogP contribution in [0.1, 0.15) is 43.7 Å². The minimum atomic E-state index is 0.423. The average molecular weight is 361 g/mol. The highest BCUT2D eigenvalue weighted by atomic mass is 16.5. The number of ether oxygens (including phenoxy) is 1. The molecule has 5 nitrogen and oxygen atoms in total. The van der Waals surface area contributed by atoms with Crippen molar-refractivity contribution in [1.29, 1.82) is 0 Å². The molecule has 2 N–H and O–H groups in total. The van der Waals surface area contributed by atoms with E-state index in [-0.39, 0.29) is 0 Å². The van der Waals surface area contributed by atoms with Gasteiger partial charge in [0.25, 0.3) is 0 Å². The van der Waals surface area contributed by atoms with Crippen LogP contribution in [0.4, 0.5) is 0 Å². The second-order valence-corrected chi connectivity index (χ2v) is 7.12. The maximum absolute atomic E-state index is 5.39. The number of nitrogens with one attached hydrogen (secondary N) is 2. The summed E-state index contributed by atoms with van der Waals surface area (Å²) in [6, 6.07) is 8.77. The van der Waals surface area contributed by atoms with E-state index in [1.807, 2.05) is 0 Å². The van der Waals surface area contributed by atoms with Crippen LogP contribution in [0.25, 0.3) is 0 Å². The van der Waals surface area contributed by atoms with E-state index in [2.05, 4.69) is 60.6 Å². The Bertz CT molecular complexity index is 523. The van der Waals surface area contributed by atoms with Crippen molar-refractivity contribution in [3.63, 3.8) is 0 Å². The van der Waals surface area contributed by atoms with Crippen molar-refractivity contribution in [3.05, 3.63) is 35.4 Å². The first-order valence-corrected chi connectivity index (χ1v) is 10.1. The number of unbranched alkanes of at least 4 members (excludes halogenated alkanes) is 1. The van der Waals surface area contributed by atoms with Gasteiger partial charge >= 0.3 is 0 Å². The molecule has 0 aromatic heterocycles. The van der Waals surface area contributed by atoms with Crippen LogP contribution in [0.2, 0.25) is 0 Å². The van der Waals surface area contributed by atoms with Crippen LogP contribution in [0, 0.1) is 6.92 Å². The highest BCUT2D eigenvalue weighted by Gasteiger charge is 2.09. The lowest BCUT2D eigenvalue weighted by Crippen LogP contribution is -2.39. The second kappa shape index (κ2) is 11.9. The molecular formula is C21H36N4O. The Morgan fingerprint density at radius 1 is 1.15 bits per heavy atom. The van der Waals surface area contributed by atoms with Crippen LogP contribution in [0.5, 0.6) is 0 Å². The molecule has 1 atom stereocenters. The lowest BCUT2D eigenvalue weighted by molar-refractivity contribution is 0.0372. The van der Waals surface area contributed by atoms with E-state index in [0.717, 1.165) is 58.3 Å². The van der Waals surface area contributed by atoms with Crippen molar-refractivity contribution in [2.45, 2.75) is 39.5 Å². The predicted octanol–water partition coefficient (Wildman–Crippen LogP) is 2.77. The van der Waals surface area contributed by atoms with Crippen molar-refractivity contribution >= 4 is 5.96 Å². The van der Waals surface area contributed by atoms with Gasteiger partial charge in [-0.3, -0.25) is 9.89 Å². The van der Waals surface area contributed by atoms with E-state index in [1.54, 1.807) is 0 Å². The maximum atomic E-state index is 5.39. The van der Waals surface area contributed by atoms with Crippen LogP contribution in [0.3, 0.4) is 0 Å². The topological polar surface area (TPSA) is 48.9 Å². The first-order chi connectivity index (χ1) is 12.7. The summed E-state index contributed by atoms with van der Waals surface area (Å²) in [5, 5.41) is 6.82. The fourth-order valence-corrected chi connectivity index (χ4v) is 3.06. The number of hydrogen-bond donors (Lipinski definition) is 2. The SMILES string of the molecule is CCNC(=NCC(C)c1ccc(C)cc1)NCCCCN1CCOCC1. The van der Waals surface area contributed by atoms with Gasteiger partial charge in [0, 0.05) is 38.6 Å². The van der Waals surface area contributed by atoms with Gasteiger partial charge in [0.15, 0.2) is 5.96 Å². The molecule has 146 valence electrons. The molecule has 1 aliphatic heterocycles. The molecule has 26 heavy (non-hydrogen) atoms. The van der Waals surface area contributed by atoms with Gasteiger partial charge in [-0.15, -0.1) is 0 Å². The highest BCUT2D eigenvalue weighted by Crippen LogP contribution is 2.15. The number of benzene rings is 1. The summed E-state index contributed by atoms with van der Waals surface area (Å²) in [5.41, 5.74) is 2.65. The Hall–Kier alpha value is -1.59. The smallest absolute Gasteiger partial charge is 0.191 e. The van der Waals surface area contributed by atoms with Crippen LogP contribution >= 0.6 is 0 Å². The van der Waals surface area contributed by atoms with Gasteiger partial charge in [-0.05, 0) is 38.8 Å². The zero-order valence-corrected chi connectivity index (χ0v) is 16.8. The summed E-state index contributed by atoms with van der Waals surface area (Å²) < 4.78 is 5.39. The minimum absolute atomic E-state index is 0.423. The van der Waals surface area contributed by atoms with Gasteiger partial charge in [0.2, 0.25) is 0 Å². The van der Waals surface area contributed by atoms with Crippen LogP contribution < -0.4 is 10.6 Å². The largest absolute Gasteiger partial charge is 0.379 e. The van der Waals surface area contributed by atoms with E-state index in [1.165, 1.54) is 24.1 Å². The number of rotatable bonds is 9. The Labute approximate surface area is 159 Å². The van der Waals surface area contributed by atoms with Gasteiger partial charge in [-0.1, -0.05) is 36.8 Å². The minimum Gasteiger partial charge on any atom is -0.379 e. The Balaban J connectivity index is 1.69. The second-order valence-electron chi connectivity index (χ2n) is 7.12. The summed E-state index contributed by atoms with van der Waals surface area (Å²) in [4.78, 5) is 7.26. The van der Waals surface area contributed by atoms with Gasteiger partial charge in [-0.2, -0.15) is 0 Å². The summed E-state index contributed by atoms with van der Waals surface area (Å²) >= 11 is 0. The van der Waals surface area contributed by atoms with Crippen LogP contribution in [-0.2, 0) is 4.74 Å². The van der Waals surface area contributed by atoms with E-state index >= 15 is 0 Å². The number of nitrogens with zero attached hydrogens (tertiary/aromatic N) is 2. The van der Waals surface area contributed by atoms with E-state index < -0.39 is 0 Å². The maximum Gasteiger partial charge on any atom is 0.191 e. The van der Waals surface area contributed by atoms with E-state index in [9.17, 15) is 0 Å². The third kappa shape index (κ3) is 7.75. The molecule has 1 heterocycles. The standard InChI is InChI=1S/C21H36N4O/c1-4-22-21(23-11-5-6-12-25-13-15-26-16-14-25)24-17-19(3)20-9-7-18(2)8-10-20/h7-10,19H,4-6,11-17H2,1-3H3,(H2,22,23,24). The Morgan fingerprint density at radius 3 is 2.58 bits per heavy atom. The lowest BCUT2D eigenvalue weighted by Gasteiger charge is -2.26. The first kappa shape index (κ1) is 20.7. The molecule has 0 amide bonds. The molecular weight excluding hydrogens is 324 g/mol. The first-order valence-electron chi connectivity index (χ1n) is 10.1. The summed E-state index contributed by atoms with van der Waals surface area (Å²) in [5.74, 6) is 1.35.